The lowest BCUT2D eigenvalue weighted by molar-refractivity contribution is -0.971. The third kappa shape index (κ3) is 5.70. The molecular formula is C22H42BrNO2. The van der Waals surface area contributed by atoms with Crippen molar-refractivity contribution in [1.82, 2.24) is 0 Å². The highest BCUT2D eigenvalue weighted by atomic mass is 79.9. The largest absolute Gasteiger partial charge is 0.550 e. The fraction of sp³-hybridized carbons (Fsp3) is 0.955. The van der Waals surface area contributed by atoms with E-state index < -0.39 is 5.97 Å². The van der Waals surface area contributed by atoms with Crippen LogP contribution in [-0.2, 0) is 4.79 Å². The number of hydrogen-bond acceptors (Lipinski definition) is 2. The monoisotopic (exact) mass is 431 g/mol. The number of carbonyl (C=O) groups excluding carboxylic acids is 1. The average Bonchev–Trinajstić information content (AvgIpc) is 2.78. The van der Waals surface area contributed by atoms with Gasteiger partial charge in [0.15, 0.2) is 0 Å². The average molecular weight is 432 g/mol. The molecule has 2 bridgehead atoms. The molecule has 4 heteroatoms. The Morgan fingerprint density at radius 3 is 1.77 bits per heavy atom. The maximum absolute atomic E-state index is 10.2. The van der Waals surface area contributed by atoms with Gasteiger partial charge in [0, 0.05) is 18.8 Å². The first-order chi connectivity index (χ1) is 11.9. The maximum atomic E-state index is 10.2. The van der Waals surface area contributed by atoms with E-state index in [1.54, 1.807) is 0 Å². The predicted octanol–water partition coefficient (Wildman–Crippen LogP) is 4.87. The number of piperidine rings is 1. The minimum atomic E-state index is -0.930. The van der Waals surface area contributed by atoms with E-state index in [2.05, 4.69) is 7.05 Å². The topological polar surface area (TPSA) is 40.1 Å². The Labute approximate surface area is 172 Å². The van der Waals surface area contributed by atoms with Crippen LogP contribution in [0.25, 0.3) is 0 Å². The van der Waals surface area contributed by atoms with E-state index in [0.29, 0.717) is 5.92 Å². The van der Waals surface area contributed by atoms with E-state index in [9.17, 15) is 9.90 Å². The van der Waals surface area contributed by atoms with Crippen molar-refractivity contribution >= 4 is 23.0 Å². The standard InChI is InChI=1S/C14H26N.C8H16O2.BrH/c1-15(12-6-3-2-4-7-12)13-8-5-9-14(15)11-10-13;1-4-7(6(2)3)5-8(9)10;/h12-14H,2-11H2,1H3;6-7H,4-5H2,1-3H3,(H,9,10);1H/q+1;;/p-1. The van der Waals surface area contributed by atoms with Crippen LogP contribution in [0.1, 0.15) is 97.8 Å². The second kappa shape index (κ2) is 11.0. The van der Waals surface area contributed by atoms with Crippen molar-refractivity contribution in [2.45, 2.75) is 116 Å². The zero-order chi connectivity index (χ0) is 18.4. The van der Waals surface area contributed by atoms with Gasteiger partial charge in [0.05, 0.1) is 25.2 Å². The molecule has 0 amide bonds. The maximum Gasteiger partial charge on any atom is 0.0894 e. The third-order valence-corrected chi connectivity index (χ3v) is 7.74. The van der Waals surface area contributed by atoms with Gasteiger partial charge in [0.25, 0.3) is 0 Å². The summed E-state index contributed by atoms with van der Waals surface area (Å²) in [5, 5.41) is 10.2. The highest BCUT2D eigenvalue weighted by molar-refractivity contribution is 8.93. The first-order valence-corrected chi connectivity index (χ1v) is 10.9. The SMILES string of the molecule is Br.CCC(CC(=O)[O-])C(C)C.C[N+]1(C2CCCCC2)C2CCCC1CC2. The van der Waals surface area contributed by atoms with E-state index in [4.69, 9.17) is 0 Å². The highest BCUT2D eigenvalue weighted by Gasteiger charge is 2.52. The second-order valence-electron chi connectivity index (χ2n) is 9.32. The van der Waals surface area contributed by atoms with Gasteiger partial charge in [-0.15, -0.1) is 17.0 Å². The van der Waals surface area contributed by atoms with Crippen molar-refractivity contribution in [3.8, 4) is 0 Å². The zero-order valence-corrected chi connectivity index (χ0v) is 19.3. The molecule has 0 spiro atoms. The molecule has 0 aromatic carbocycles. The number of rotatable bonds is 5. The molecule has 2 heterocycles. The molecule has 2 saturated heterocycles. The minimum Gasteiger partial charge on any atom is -0.550 e. The summed E-state index contributed by atoms with van der Waals surface area (Å²) in [6.07, 6.45) is 16.4. The van der Waals surface area contributed by atoms with Gasteiger partial charge in [-0.2, -0.15) is 0 Å². The van der Waals surface area contributed by atoms with Crippen LogP contribution in [0.5, 0.6) is 0 Å². The Hall–Kier alpha value is -0.0900. The molecule has 3 aliphatic rings. The Balaban J connectivity index is 0.000000274. The van der Waals surface area contributed by atoms with Crippen molar-refractivity contribution in [3.63, 3.8) is 0 Å². The molecule has 0 radical (unpaired) electrons. The van der Waals surface area contributed by atoms with E-state index in [1.165, 1.54) is 68.7 Å². The summed E-state index contributed by atoms with van der Waals surface area (Å²) in [4.78, 5) is 10.2. The van der Waals surface area contributed by atoms with Crippen LogP contribution >= 0.6 is 17.0 Å². The van der Waals surface area contributed by atoms with E-state index >= 15 is 0 Å². The summed E-state index contributed by atoms with van der Waals surface area (Å²) in [5.74, 6) is -0.201. The van der Waals surface area contributed by atoms with Crippen LogP contribution < -0.4 is 5.11 Å². The molecule has 1 aliphatic carbocycles. The smallest absolute Gasteiger partial charge is 0.0894 e. The van der Waals surface area contributed by atoms with Gasteiger partial charge >= 0.3 is 0 Å². The number of fused-ring (bicyclic) bond motifs is 2. The summed E-state index contributed by atoms with van der Waals surface area (Å²) in [6.45, 7) is 6.09. The fourth-order valence-electron chi connectivity index (χ4n) is 5.97. The lowest BCUT2D eigenvalue weighted by Crippen LogP contribution is -2.62. The van der Waals surface area contributed by atoms with Crippen molar-refractivity contribution in [1.29, 1.82) is 0 Å². The second-order valence-corrected chi connectivity index (χ2v) is 9.32. The molecule has 3 atom stereocenters. The predicted molar refractivity (Wildman–Crippen MR) is 112 cm³/mol. The molecule has 3 rings (SSSR count). The van der Waals surface area contributed by atoms with Gasteiger partial charge in [-0.25, -0.2) is 0 Å². The normalized spacial score (nSPS) is 32.3. The molecule has 3 unspecified atom stereocenters. The molecule has 3 fully saturated rings. The summed E-state index contributed by atoms with van der Waals surface area (Å²) >= 11 is 0. The van der Waals surface area contributed by atoms with Gasteiger partial charge in [0.1, 0.15) is 0 Å². The third-order valence-electron chi connectivity index (χ3n) is 7.74. The van der Waals surface area contributed by atoms with Crippen LogP contribution in [0.2, 0.25) is 0 Å². The number of carboxylic acids is 1. The lowest BCUT2D eigenvalue weighted by atomic mass is 9.87. The zero-order valence-electron chi connectivity index (χ0n) is 17.5. The fourth-order valence-corrected chi connectivity index (χ4v) is 5.97. The van der Waals surface area contributed by atoms with Crippen molar-refractivity contribution < 1.29 is 14.4 Å². The lowest BCUT2D eigenvalue weighted by Gasteiger charge is -2.51. The number of halogens is 1. The Morgan fingerprint density at radius 2 is 1.38 bits per heavy atom. The molecule has 1 saturated carbocycles. The van der Waals surface area contributed by atoms with Gasteiger partial charge in [-0.1, -0.05) is 33.6 Å². The molecule has 0 aromatic rings. The van der Waals surface area contributed by atoms with Crippen LogP contribution in [0, 0.1) is 11.8 Å². The quantitative estimate of drug-likeness (QED) is 0.582. The van der Waals surface area contributed by atoms with Crippen molar-refractivity contribution in [2.75, 3.05) is 7.05 Å². The molecule has 3 nitrogen and oxygen atoms in total. The van der Waals surface area contributed by atoms with Gasteiger partial charge < -0.3 is 14.4 Å². The van der Waals surface area contributed by atoms with Gasteiger partial charge in [-0.05, 0) is 63.2 Å². The van der Waals surface area contributed by atoms with Crippen molar-refractivity contribution in [2.24, 2.45) is 11.8 Å². The number of aliphatic carboxylic acids is 1. The number of hydrogen-bond donors (Lipinski definition) is 0. The summed E-state index contributed by atoms with van der Waals surface area (Å²) in [6, 6.07) is 3.13. The van der Waals surface area contributed by atoms with Crippen LogP contribution in [0.4, 0.5) is 0 Å². The Kier molecular flexibility index (Phi) is 10.2. The number of carbonyl (C=O) groups is 1. The van der Waals surface area contributed by atoms with Crippen molar-refractivity contribution in [3.05, 3.63) is 0 Å². The van der Waals surface area contributed by atoms with Crippen LogP contribution in [-0.4, -0.2) is 35.6 Å². The van der Waals surface area contributed by atoms with Gasteiger partial charge in [-0.3, -0.25) is 0 Å². The minimum absolute atomic E-state index is 0. The number of nitrogens with zero attached hydrogens (tertiary/aromatic N) is 1. The summed E-state index contributed by atoms with van der Waals surface area (Å²) < 4.78 is 1.50. The van der Waals surface area contributed by atoms with E-state index in [1.807, 2.05) is 20.8 Å². The Morgan fingerprint density at radius 1 is 0.923 bits per heavy atom. The molecule has 2 aliphatic heterocycles. The molecule has 0 N–H and O–H groups in total. The van der Waals surface area contributed by atoms with Crippen LogP contribution in [0.15, 0.2) is 0 Å². The molecule has 0 aromatic heterocycles. The van der Waals surface area contributed by atoms with E-state index in [0.717, 1.165) is 24.5 Å². The van der Waals surface area contributed by atoms with E-state index in [-0.39, 0.29) is 29.3 Å². The van der Waals surface area contributed by atoms with Crippen LogP contribution in [0.3, 0.4) is 0 Å². The molecule has 154 valence electrons. The Bertz CT molecular complexity index is 404. The molecular weight excluding hydrogens is 390 g/mol. The summed E-state index contributed by atoms with van der Waals surface area (Å²) in [7, 11) is 2.61. The number of carboxylic acid groups (broad SMARTS) is 1. The summed E-state index contributed by atoms with van der Waals surface area (Å²) in [5.41, 5.74) is 0. The first-order valence-electron chi connectivity index (χ1n) is 10.9. The molecule has 26 heavy (non-hydrogen) atoms. The number of quaternary nitrogens is 1. The highest BCUT2D eigenvalue weighted by Crippen LogP contribution is 2.45. The first kappa shape index (κ1) is 23.9. The van der Waals surface area contributed by atoms with Gasteiger partial charge in [0.2, 0.25) is 0 Å².